The molecule has 1 saturated heterocycles. The van der Waals surface area contributed by atoms with Crippen molar-refractivity contribution in [2.45, 2.75) is 38.1 Å². The Bertz CT molecular complexity index is 562. The van der Waals surface area contributed by atoms with E-state index in [-0.39, 0.29) is 17.9 Å². The number of benzene rings is 1. The van der Waals surface area contributed by atoms with E-state index < -0.39 is 0 Å². The van der Waals surface area contributed by atoms with E-state index >= 15 is 0 Å². The van der Waals surface area contributed by atoms with E-state index in [1.54, 1.807) is 7.11 Å². The largest absolute Gasteiger partial charge is 0.497 e. The van der Waals surface area contributed by atoms with E-state index in [0.717, 1.165) is 37.1 Å². The van der Waals surface area contributed by atoms with E-state index in [1.165, 1.54) is 0 Å². The Morgan fingerprint density at radius 3 is 2.96 bits per heavy atom. The molecule has 24 heavy (non-hydrogen) atoms. The summed E-state index contributed by atoms with van der Waals surface area (Å²) in [5.74, 6) is 0.800. The molecule has 0 saturated carbocycles. The average Bonchev–Trinajstić information content (AvgIpc) is 2.60. The first-order chi connectivity index (χ1) is 11.6. The molecule has 2 rings (SSSR count). The molecule has 0 aliphatic carbocycles. The number of rotatable bonds is 7. The van der Waals surface area contributed by atoms with Gasteiger partial charge in [-0.2, -0.15) is 0 Å². The fourth-order valence-corrected chi connectivity index (χ4v) is 3.05. The topological polar surface area (TPSA) is 84.7 Å². The first-order valence-corrected chi connectivity index (χ1v) is 8.53. The van der Waals surface area contributed by atoms with Crippen LogP contribution in [0.3, 0.4) is 0 Å². The van der Waals surface area contributed by atoms with Gasteiger partial charge in [0.15, 0.2) is 0 Å². The van der Waals surface area contributed by atoms with E-state index in [4.69, 9.17) is 10.5 Å². The number of amides is 2. The monoisotopic (exact) mass is 333 g/mol. The van der Waals surface area contributed by atoms with Gasteiger partial charge >= 0.3 is 0 Å². The Morgan fingerprint density at radius 1 is 1.38 bits per heavy atom. The van der Waals surface area contributed by atoms with Crippen LogP contribution in [0.2, 0.25) is 0 Å². The molecule has 0 spiro atoms. The summed E-state index contributed by atoms with van der Waals surface area (Å²) in [7, 11) is 1.62. The van der Waals surface area contributed by atoms with Gasteiger partial charge in [-0.05, 0) is 37.0 Å². The Morgan fingerprint density at radius 2 is 2.21 bits per heavy atom. The van der Waals surface area contributed by atoms with Crippen LogP contribution in [-0.4, -0.2) is 49.5 Å². The number of carbonyl (C=O) groups excluding carboxylic acids is 2. The van der Waals surface area contributed by atoms with Gasteiger partial charge in [-0.15, -0.1) is 0 Å². The second-order valence-corrected chi connectivity index (χ2v) is 6.11. The number of hydrogen-bond acceptors (Lipinski definition) is 4. The lowest BCUT2D eigenvalue weighted by atomic mass is 10.0. The average molecular weight is 333 g/mol. The maximum atomic E-state index is 12.7. The highest BCUT2D eigenvalue weighted by Crippen LogP contribution is 2.19. The smallest absolute Gasteiger partial charge is 0.227 e. The van der Waals surface area contributed by atoms with Gasteiger partial charge in [0.2, 0.25) is 11.8 Å². The number of nitrogens with one attached hydrogen (secondary N) is 1. The number of ether oxygens (including phenoxy) is 1. The Balaban J connectivity index is 1.95. The van der Waals surface area contributed by atoms with Crippen molar-refractivity contribution in [3.8, 4) is 5.75 Å². The number of piperidine rings is 1. The first-order valence-electron chi connectivity index (χ1n) is 8.53. The van der Waals surface area contributed by atoms with Crippen LogP contribution in [0.4, 0.5) is 0 Å². The highest BCUT2D eigenvalue weighted by molar-refractivity contribution is 5.79. The van der Waals surface area contributed by atoms with E-state index in [9.17, 15) is 9.59 Å². The lowest BCUT2D eigenvalue weighted by Gasteiger charge is -2.36. The van der Waals surface area contributed by atoms with Crippen molar-refractivity contribution >= 4 is 11.8 Å². The van der Waals surface area contributed by atoms with Gasteiger partial charge in [0, 0.05) is 32.1 Å². The minimum atomic E-state index is -0.0525. The zero-order valence-corrected chi connectivity index (χ0v) is 14.3. The first kappa shape index (κ1) is 18.3. The fraction of sp³-hybridized carbons (Fsp3) is 0.556. The van der Waals surface area contributed by atoms with Gasteiger partial charge in [0.05, 0.1) is 13.5 Å². The SMILES string of the molecule is COc1cccc(CC(=O)N2CCCCC2CNC(=O)CCN)c1. The third-order valence-corrected chi connectivity index (χ3v) is 4.34. The number of carbonyl (C=O) groups is 2. The van der Waals surface area contributed by atoms with Crippen molar-refractivity contribution < 1.29 is 14.3 Å². The number of methoxy groups -OCH3 is 1. The Labute approximate surface area is 143 Å². The molecule has 1 aliphatic heterocycles. The summed E-state index contributed by atoms with van der Waals surface area (Å²) >= 11 is 0. The summed E-state index contributed by atoms with van der Waals surface area (Å²) in [5.41, 5.74) is 6.33. The van der Waals surface area contributed by atoms with Crippen LogP contribution in [-0.2, 0) is 16.0 Å². The zero-order chi connectivity index (χ0) is 17.4. The Kier molecular flexibility index (Phi) is 7.06. The van der Waals surface area contributed by atoms with E-state index in [0.29, 0.717) is 25.9 Å². The molecule has 3 N–H and O–H groups in total. The number of nitrogens with two attached hydrogens (primary N) is 1. The number of likely N-dealkylation sites (tertiary alicyclic amines) is 1. The highest BCUT2D eigenvalue weighted by atomic mass is 16.5. The summed E-state index contributed by atoms with van der Waals surface area (Å²) in [4.78, 5) is 26.2. The molecule has 6 nitrogen and oxygen atoms in total. The molecular formula is C18H27N3O3. The minimum Gasteiger partial charge on any atom is -0.497 e. The summed E-state index contributed by atoms with van der Waals surface area (Å²) in [5, 5.41) is 2.89. The van der Waals surface area contributed by atoms with Crippen LogP contribution in [0.1, 0.15) is 31.2 Å². The third kappa shape index (κ3) is 5.23. The van der Waals surface area contributed by atoms with Gasteiger partial charge in [-0.25, -0.2) is 0 Å². The standard InChI is InChI=1S/C18H27N3O3/c1-24-16-7-4-5-14(11-16)12-18(23)21-10-3-2-6-15(21)13-20-17(22)8-9-19/h4-5,7,11,15H,2-3,6,8-10,12-13,19H2,1H3,(H,20,22). The van der Waals surface area contributed by atoms with Crippen LogP contribution in [0.5, 0.6) is 5.75 Å². The van der Waals surface area contributed by atoms with Crippen LogP contribution in [0, 0.1) is 0 Å². The van der Waals surface area contributed by atoms with Gasteiger partial charge < -0.3 is 20.7 Å². The van der Waals surface area contributed by atoms with Crippen molar-refractivity contribution in [1.29, 1.82) is 0 Å². The number of hydrogen-bond donors (Lipinski definition) is 2. The van der Waals surface area contributed by atoms with E-state index in [2.05, 4.69) is 5.32 Å². The maximum Gasteiger partial charge on any atom is 0.227 e. The quantitative estimate of drug-likeness (QED) is 0.782. The molecule has 1 aromatic carbocycles. The van der Waals surface area contributed by atoms with Gasteiger partial charge in [-0.3, -0.25) is 9.59 Å². The molecular weight excluding hydrogens is 306 g/mol. The van der Waals surface area contributed by atoms with Crippen molar-refractivity contribution in [3.63, 3.8) is 0 Å². The van der Waals surface area contributed by atoms with Crippen LogP contribution in [0.25, 0.3) is 0 Å². The van der Waals surface area contributed by atoms with Crippen molar-refractivity contribution in [2.75, 3.05) is 26.7 Å². The molecule has 1 aliphatic rings. The van der Waals surface area contributed by atoms with Crippen LogP contribution in [0.15, 0.2) is 24.3 Å². The van der Waals surface area contributed by atoms with Crippen molar-refractivity contribution in [3.05, 3.63) is 29.8 Å². The molecule has 1 heterocycles. The lowest BCUT2D eigenvalue weighted by molar-refractivity contribution is -0.134. The third-order valence-electron chi connectivity index (χ3n) is 4.34. The molecule has 1 fully saturated rings. The molecule has 0 radical (unpaired) electrons. The molecule has 2 amide bonds. The molecule has 132 valence electrons. The molecule has 1 aromatic rings. The normalized spacial score (nSPS) is 17.4. The summed E-state index contributed by atoms with van der Waals surface area (Å²) < 4.78 is 5.21. The highest BCUT2D eigenvalue weighted by Gasteiger charge is 2.26. The summed E-state index contributed by atoms with van der Waals surface area (Å²) in [6.07, 6.45) is 3.69. The Hall–Kier alpha value is -2.08. The van der Waals surface area contributed by atoms with E-state index in [1.807, 2.05) is 29.2 Å². The van der Waals surface area contributed by atoms with Crippen LogP contribution >= 0.6 is 0 Å². The predicted molar refractivity (Wildman–Crippen MR) is 92.7 cm³/mol. The molecule has 0 bridgehead atoms. The van der Waals surface area contributed by atoms with Crippen molar-refractivity contribution in [1.82, 2.24) is 10.2 Å². The van der Waals surface area contributed by atoms with Gasteiger partial charge in [0.1, 0.15) is 5.75 Å². The molecule has 1 atom stereocenters. The minimum absolute atomic E-state index is 0.0525. The summed E-state index contributed by atoms with van der Waals surface area (Å²) in [6.45, 7) is 1.60. The number of nitrogens with zero attached hydrogens (tertiary/aromatic N) is 1. The fourth-order valence-electron chi connectivity index (χ4n) is 3.05. The van der Waals surface area contributed by atoms with Gasteiger partial charge in [0.25, 0.3) is 0 Å². The predicted octanol–water partition coefficient (Wildman–Crippen LogP) is 1.08. The second-order valence-electron chi connectivity index (χ2n) is 6.11. The molecule has 0 aromatic heterocycles. The zero-order valence-electron chi connectivity index (χ0n) is 14.3. The van der Waals surface area contributed by atoms with Gasteiger partial charge in [-0.1, -0.05) is 12.1 Å². The summed E-state index contributed by atoms with van der Waals surface area (Å²) in [6, 6.07) is 7.65. The second kappa shape index (κ2) is 9.27. The van der Waals surface area contributed by atoms with Crippen molar-refractivity contribution in [2.24, 2.45) is 5.73 Å². The van der Waals surface area contributed by atoms with Crippen LogP contribution < -0.4 is 15.8 Å². The maximum absolute atomic E-state index is 12.7. The lowest BCUT2D eigenvalue weighted by Crippen LogP contribution is -2.50. The molecule has 6 heteroatoms. The molecule has 1 unspecified atom stereocenters.